The zero-order valence-electron chi connectivity index (χ0n) is 10.9. The molecule has 0 N–H and O–H groups in total. The summed E-state index contributed by atoms with van der Waals surface area (Å²) in [5.41, 5.74) is 0. The van der Waals surface area contributed by atoms with Crippen molar-refractivity contribution in [3.8, 4) is 0 Å². The Morgan fingerprint density at radius 2 is 1.87 bits per heavy atom. The van der Waals surface area contributed by atoms with Gasteiger partial charge >= 0.3 is 0 Å². The molecule has 0 nitrogen and oxygen atoms in total. The minimum absolute atomic E-state index is 0.663. The van der Waals surface area contributed by atoms with Gasteiger partial charge in [0.15, 0.2) is 0 Å². The van der Waals surface area contributed by atoms with Gasteiger partial charge in [-0.15, -0.1) is 0 Å². The van der Waals surface area contributed by atoms with E-state index in [1.165, 1.54) is 32.1 Å². The van der Waals surface area contributed by atoms with Crippen molar-refractivity contribution in [3.63, 3.8) is 0 Å². The van der Waals surface area contributed by atoms with Gasteiger partial charge < -0.3 is 0 Å². The maximum Gasteiger partial charge on any atom is 0.00194 e. The maximum absolute atomic E-state index is 4.67. The Balaban J connectivity index is 2.51. The SMILES string of the molecule is CC(C)CC(C)C1CCCC(S)CC1C. The molecular weight excluding hydrogens is 200 g/mol. The van der Waals surface area contributed by atoms with Crippen LogP contribution in [0, 0.1) is 23.7 Å². The van der Waals surface area contributed by atoms with E-state index in [0.29, 0.717) is 5.25 Å². The van der Waals surface area contributed by atoms with Gasteiger partial charge in [0.25, 0.3) is 0 Å². The average Bonchev–Trinajstić information content (AvgIpc) is 2.25. The molecule has 0 aromatic rings. The molecule has 0 aromatic heterocycles. The molecule has 0 saturated heterocycles. The van der Waals surface area contributed by atoms with Crippen LogP contribution in [0.1, 0.15) is 59.8 Å². The van der Waals surface area contributed by atoms with Gasteiger partial charge in [0, 0.05) is 5.25 Å². The third-order valence-corrected chi connectivity index (χ3v) is 4.49. The van der Waals surface area contributed by atoms with Gasteiger partial charge in [0.2, 0.25) is 0 Å². The van der Waals surface area contributed by atoms with Crippen molar-refractivity contribution in [2.24, 2.45) is 23.7 Å². The predicted molar refractivity (Wildman–Crippen MR) is 72.5 cm³/mol. The van der Waals surface area contributed by atoms with E-state index in [2.05, 4.69) is 40.3 Å². The molecule has 0 aliphatic heterocycles. The lowest BCUT2D eigenvalue weighted by atomic mass is 9.77. The summed E-state index contributed by atoms with van der Waals surface area (Å²) >= 11 is 4.67. The minimum Gasteiger partial charge on any atom is -0.176 e. The van der Waals surface area contributed by atoms with Gasteiger partial charge in [-0.25, -0.2) is 0 Å². The summed E-state index contributed by atoms with van der Waals surface area (Å²) in [7, 11) is 0. The molecule has 0 bridgehead atoms. The molecule has 4 atom stereocenters. The van der Waals surface area contributed by atoms with Crippen molar-refractivity contribution in [2.75, 3.05) is 0 Å². The van der Waals surface area contributed by atoms with E-state index in [1.54, 1.807) is 0 Å². The minimum atomic E-state index is 0.663. The first-order valence-corrected chi connectivity index (χ1v) is 7.20. The van der Waals surface area contributed by atoms with Gasteiger partial charge in [-0.1, -0.05) is 34.1 Å². The second-order valence-corrected chi connectivity index (χ2v) is 6.80. The topological polar surface area (TPSA) is 0 Å². The normalized spacial score (nSPS) is 35.2. The number of rotatable bonds is 3. The van der Waals surface area contributed by atoms with Crippen LogP contribution in [0.4, 0.5) is 0 Å². The average molecular weight is 228 g/mol. The van der Waals surface area contributed by atoms with E-state index in [4.69, 9.17) is 0 Å². The molecule has 1 aliphatic carbocycles. The van der Waals surface area contributed by atoms with E-state index in [1.807, 2.05) is 0 Å². The Hall–Kier alpha value is 0.350. The van der Waals surface area contributed by atoms with Crippen molar-refractivity contribution in [2.45, 2.75) is 65.0 Å². The summed E-state index contributed by atoms with van der Waals surface area (Å²) in [6.45, 7) is 9.59. The molecule has 1 saturated carbocycles. The quantitative estimate of drug-likeness (QED) is 0.521. The van der Waals surface area contributed by atoms with Crippen LogP contribution in [0.5, 0.6) is 0 Å². The van der Waals surface area contributed by atoms with Gasteiger partial charge in [-0.2, -0.15) is 12.6 Å². The summed E-state index contributed by atoms with van der Waals surface area (Å²) in [6.07, 6.45) is 6.89. The molecule has 15 heavy (non-hydrogen) atoms. The zero-order valence-corrected chi connectivity index (χ0v) is 11.8. The second kappa shape index (κ2) is 6.18. The first-order chi connectivity index (χ1) is 7.00. The Morgan fingerprint density at radius 3 is 2.47 bits per heavy atom. The van der Waals surface area contributed by atoms with Crippen LogP contribution in [-0.4, -0.2) is 5.25 Å². The fourth-order valence-electron chi connectivity index (χ4n) is 3.36. The van der Waals surface area contributed by atoms with Gasteiger partial charge in [-0.05, 0) is 49.4 Å². The molecule has 1 heteroatoms. The summed E-state index contributed by atoms with van der Waals surface area (Å²) in [5.74, 6) is 3.58. The van der Waals surface area contributed by atoms with Crippen LogP contribution in [0.2, 0.25) is 0 Å². The van der Waals surface area contributed by atoms with Crippen molar-refractivity contribution < 1.29 is 0 Å². The standard InChI is InChI=1S/C14H28S/c1-10(2)8-11(3)14-7-5-6-13(15)9-12(14)4/h10-15H,5-9H2,1-4H3. The fraction of sp³-hybridized carbons (Fsp3) is 1.00. The van der Waals surface area contributed by atoms with Crippen LogP contribution in [0.25, 0.3) is 0 Å². The van der Waals surface area contributed by atoms with Gasteiger partial charge in [0.05, 0.1) is 0 Å². The van der Waals surface area contributed by atoms with Crippen molar-refractivity contribution in [1.82, 2.24) is 0 Å². The number of thiol groups is 1. The summed E-state index contributed by atoms with van der Waals surface area (Å²) in [5, 5.41) is 0.663. The van der Waals surface area contributed by atoms with E-state index >= 15 is 0 Å². The first-order valence-electron chi connectivity index (χ1n) is 6.68. The largest absolute Gasteiger partial charge is 0.176 e. The monoisotopic (exact) mass is 228 g/mol. The van der Waals surface area contributed by atoms with Crippen molar-refractivity contribution in [3.05, 3.63) is 0 Å². The highest BCUT2D eigenvalue weighted by Gasteiger charge is 2.27. The molecule has 1 rings (SSSR count). The number of hydrogen-bond acceptors (Lipinski definition) is 1. The highest BCUT2D eigenvalue weighted by atomic mass is 32.1. The lowest BCUT2D eigenvalue weighted by Crippen LogP contribution is -2.21. The van der Waals surface area contributed by atoms with Crippen LogP contribution in [0.3, 0.4) is 0 Å². The summed E-state index contributed by atoms with van der Waals surface area (Å²) < 4.78 is 0. The summed E-state index contributed by atoms with van der Waals surface area (Å²) in [6, 6.07) is 0. The van der Waals surface area contributed by atoms with Gasteiger partial charge in [-0.3, -0.25) is 0 Å². The zero-order chi connectivity index (χ0) is 11.4. The van der Waals surface area contributed by atoms with Crippen molar-refractivity contribution in [1.29, 1.82) is 0 Å². The van der Waals surface area contributed by atoms with Crippen LogP contribution < -0.4 is 0 Å². The third kappa shape index (κ3) is 4.38. The molecule has 0 aromatic carbocycles. The molecule has 4 unspecified atom stereocenters. The first kappa shape index (κ1) is 13.4. The van der Waals surface area contributed by atoms with E-state index in [0.717, 1.165) is 23.7 Å². The third-order valence-electron chi connectivity index (χ3n) is 4.02. The molecule has 90 valence electrons. The fourth-order valence-corrected chi connectivity index (χ4v) is 3.87. The van der Waals surface area contributed by atoms with Gasteiger partial charge in [0.1, 0.15) is 0 Å². The number of hydrogen-bond donors (Lipinski definition) is 1. The second-order valence-electron chi connectivity index (χ2n) is 6.07. The van der Waals surface area contributed by atoms with Crippen molar-refractivity contribution >= 4 is 12.6 Å². The molecular formula is C14H28S. The highest BCUT2D eigenvalue weighted by Crippen LogP contribution is 2.37. The molecule has 1 aliphatic rings. The molecule has 1 fully saturated rings. The van der Waals surface area contributed by atoms with Crippen LogP contribution in [-0.2, 0) is 0 Å². The lowest BCUT2D eigenvalue weighted by molar-refractivity contribution is 0.214. The van der Waals surface area contributed by atoms with E-state index in [9.17, 15) is 0 Å². The Kier molecular flexibility index (Phi) is 5.52. The predicted octanol–water partition coefficient (Wildman–Crippen LogP) is 4.79. The molecule has 0 spiro atoms. The van der Waals surface area contributed by atoms with E-state index in [-0.39, 0.29) is 0 Å². The lowest BCUT2D eigenvalue weighted by Gasteiger charge is -2.29. The Bertz CT molecular complexity index is 176. The van der Waals surface area contributed by atoms with Crippen LogP contribution >= 0.6 is 12.6 Å². The summed E-state index contributed by atoms with van der Waals surface area (Å²) in [4.78, 5) is 0. The highest BCUT2D eigenvalue weighted by molar-refractivity contribution is 7.80. The van der Waals surface area contributed by atoms with Crippen LogP contribution in [0.15, 0.2) is 0 Å². The molecule has 0 heterocycles. The molecule has 0 amide bonds. The Morgan fingerprint density at radius 1 is 1.20 bits per heavy atom. The van der Waals surface area contributed by atoms with E-state index < -0.39 is 0 Å². The maximum atomic E-state index is 4.67. The Labute approximate surface area is 102 Å². The smallest absolute Gasteiger partial charge is 0.00194 e. The molecule has 0 radical (unpaired) electrons.